The number of nitrogens with zero attached hydrogens (tertiary/aromatic N) is 4. The maximum absolute atomic E-state index is 13.0. The Labute approximate surface area is 190 Å². The SMILES string of the molecule is O=C(NCc1ccco1)c1cc(C2CCN(C(=O)c3cccc(-n4cccn4)c3)CC2)[nH]n1. The number of H-pyrrole nitrogens is 1. The molecular formula is C24H24N6O3. The van der Waals surface area contributed by atoms with Gasteiger partial charge in [-0.1, -0.05) is 6.07 Å². The van der Waals surface area contributed by atoms with E-state index in [0.29, 0.717) is 36.7 Å². The van der Waals surface area contributed by atoms with Crippen molar-refractivity contribution < 1.29 is 14.0 Å². The van der Waals surface area contributed by atoms with Crippen LogP contribution in [0.5, 0.6) is 0 Å². The molecule has 4 aromatic rings. The first-order chi connectivity index (χ1) is 16.2. The highest BCUT2D eigenvalue weighted by atomic mass is 16.3. The van der Waals surface area contributed by atoms with Gasteiger partial charge in [0.05, 0.1) is 18.5 Å². The molecule has 2 N–H and O–H groups in total. The third-order valence-corrected chi connectivity index (χ3v) is 5.92. The molecule has 1 saturated heterocycles. The van der Waals surface area contributed by atoms with Gasteiger partial charge in [-0.3, -0.25) is 14.7 Å². The number of likely N-dealkylation sites (tertiary alicyclic amines) is 1. The summed E-state index contributed by atoms with van der Waals surface area (Å²) in [6.07, 6.45) is 6.75. The molecule has 9 heteroatoms. The summed E-state index contributed by atoms with van der Waals surface area (Å²) in [6, 6.07) is 14.7. The number of nitrogens with one attached hydrogen (secondary N) is 2. The second-order valence-corrected chi connectivity index (χ2v) is 8.04. The fraction of sp³-hybridized carbons (Fsp3) is 0.250. The smallest absolute Gasteiger partial charge is 0.272 e. The molecule has 0 spiro atoms. The molecule has 0 radical (unpaired) electrons. The molecule has 0 aliphatic carbocycles. The second kappa shape index (κ2) is 9.15. The van der Waals surface area contributed by atoms with Gasteiger partial charge in [0.15, 0.2) is 0 Å². The van der Waals surface area contributed by atoms with E-state index in [0.717, 1.165) is 24.2 Å². The first-order valence-electron chi connectivity index (χ1n) is 10.9. The fourth-order valence-electron chi connectivity index (χ4n) is 4.11. The summed E-state index contributed by atoms with van der Waals surface area (Å²) in [7, 11) is 0. The Morgan fingerprint density at radius 1 is 1.12 bits per heavy atom. The quantitative estimate of drug-likeness (QED) is 0.475. The van der Waals surface area contributed by atoms with Gasteiger partial charge in [-0.25, -0.2) is 4.68 Å². The van der Waals surface area contributed by atoms with E-state index in [9.17, 15) is 9.59 Å². The number of aromatic nitrogens is 4. The molecule has 0 unspecified atom stereocenters. The van der Waals surface area contributed by atoms with Gasteiger partial charge >= 0.3 is 0 Å². The zero-order valence-electron chi connectivity index (χ0n) is 18.0. The first kappa shape index (κ1) is 20.7. The van der Waals surface area contributed by atoms with Crippen LogP contribution in [-0.4, -0.2) is 49.8 Å². The van der Waals surface area contributed by atoms with Crippen LogP contribution in [0.15, 0.2) is 71.6 Å². The van der Waals surface area contributed by atoms with E-state index in [-0.39, 0.29) is 17.7 Å². The highest BCUT2D eigenvalue weighted by Crippen LogP contribution is 2.28. The average molecular weight is 444 g/mol. The lowest BCUT2D eigenvalue weighted by Crippen LogP contribution is -2.38. The third kappa shape index (κ3) is 4.57. The molecule has 0 atom stereocenters. The Kier molecular flexibility index (Phi) is 5.75. The topological polar surface area (TPSA) is 109 Å². The number of carbonyl (C=O) groups excluding carboxylic acids is 2. The monoisotopic (exact) mass is 444 g/mol. The normalized spacial score (nSPS) is 14.4. The van der Waals surface area contributed by atoms with Crippen molar-refractivity contribution in [1.82, 2.24) is 30.2 Å². The minimum atomic E-state index is -0.251. The molecule has 4 heterocycles. The molecule has 1 aromatic carbocycles. The number of furan rings is 1. The summed E-state index contributed by atoms with van der Waals surface area (Å²) < 4.78 is 6.97. The highest BCUT2D eigenvalue weighted by Gasteiger charge is 2.26. The summed E-state index contributed by atoms with van der Waals surface area (Å²) in [5, 5.41) is 14.2. The van der Waals surface area contributed by atoms with Gasteiger partial charge < -0.3 is 14.6 Å². The van der Waals surface area contributed by atoms with Crippen molar-refractivity contribution in [2.24, 2.45) is 0 Å². The van der Waals surface area contributed by atoms with Crippen LogP contribution >= 0.6 is 0 Å². The Hall–Kier alpha value is -4.14. The third-order valence-electron chi connectivity index (χ3n) is 5.92. The molecule has 0 bridgehead atoms. The lowest BCUT2D eigenvalue weighted by atomic mass is 9.93. The van der Waals surface area contributed by atoms with Crippen molar-refractivity contribution in [2.45, 2.75) is 25.3 Å². The number of rotatable bonds is 6. The molecule has 1 aliphatic heterocycles. The number of hydrogen-bond acceptors (Lipinski definition) is 5. The molecule has 2 amide bonds. The van der Waals surface area contributed by atoms with Crippen molar-refractivity contribution in [3.05, 3.63) is 89.9 Å². The van der Waals surface area contributed by atoms with E-state index in [1.54, 1.807) is 35.3 Å². The molecule has 1 aliphatic rings. The number of piperidine rings is 1. The summed E-state index contributed by atoms with van der Waals surface area (Å²) in [5.74, 6) is 0.679. The number of aromatic amines is 1. The maximum atomic E-state index is 13.0. The summed E-state index contributed by atoms with van der Waals surface area (Å²) in [6.45, 7) is 1.61. The van der Waals surface area contributed by atoms with Crippen LogP contribution in [-0.2, 0) is 6.54 Å². The second-order valence-electron chi connectivity index (χ2n) is 8.04. The van der Waals surface area contributed by atoms with Crippen molar-refractivity contribution in [1.29, 1.82) is 0 Å². The van der Waals surface area contributed by atoms with Crippen LogP contribution < -0.4 is 5.32 Å². The zero-order valence-corrected chi connectivity index (χ0v) is 18.0. The molecule has 9 nitrogen and oxygen atoms in total. The van der Waals surface area contributed by atoms with Crippen LogP contribution in [0, 0.1) is 0 Å². The van der Waals surface area contributed by atoms with E-state index in [1.807, 2.05) is 41.4 Å². The van der Waals surface area contributed by atoms with Gasteiger partial charge in [-0.2, -0.15) is 10.2 Å². The Bertz CT molecular complexity index is 1220. The first-order valence-corrected chi connectivity index (χ1v) is 10.9. The molecule has 0 saturated carbocycles. The number of carbonyl (C=O) groups is 2. The largest absolute Gasteiger partial charge is 0.467 e. The molecule has 3 aromatic heterocycles. The van der Waals surface area contributed by atoms with Crippen molar-refractivity contribution in [2.75, 3.05) is 13.1 Å². The standard InChI is InChI=1S/C24H24N6O3/c31-23(25-16-20-6-2-13-33-20)22-15-21(27-28-22)17-7-11-29(12-8-17)24(32)18-4-1-5-19(14-18)30-10-3-9-26-30/h1-6,9-10,13-15,17H,7-8,11-12,16H2,(H,25,31)(H,27,28). The Morgan fingerprint density at radius 2 is 2.00 bits per heavy atom. The van der Waals surface area contributed by atoms with Crippen LogP contribution in [0.3, 0.4) is 0 Å². The lowest BCUT2D eigenvalue weighted by Gasteiger charge is -2.31. The molecule has 168 valence electrons. The zero-order chi connectivity index (χ0) is 22.6. The molecule has 33 heavy (non-hydrogen) atoms. The molecule has 1 fully saturated rings. The van der Waals surface area contributed by atoms with Gasteiger partial charge in [0.2, 0.25) is 0 Å². The summed E-state index contributed by atoms with van der Waals surface area (Å²) >= 11 is 0. The van der Waals surface area contributed by atoms with Crippen LogP contribution in [0.1, 0.15) is 51.1 Å². The summed E-state index contributed by atoms with van der Waals surface area (Å²) in [4.78, 5) is 27.3. The van der Waals surface area contributed by atoms with Crippen LogP contribution in [0.25, 0.3) is 5.69 Å². The number of amides is 2. The minimum Gasteiger partial charge on any atom is -0.467 e. The highest BCUT2D eigenvalue weighted by molar-refractivity contribution is 5.95. The van der Waals surface area contributed by atoms with Crippen molar-refractivity contribution in [3.63, 3.8) is 0 Å². The van der Waals surface area contributed by atoms with Gasteiger partial charge in [0.1, 0.15) is 11.5 Å². The van der Waals surface area contributed by atoms with E-state index in [1.165, 1.54) is 0 Å². The van der Waals surface area contributed by atoms with Gasteiger partial charge in [-0.05, 0) is 55.3 Å². The summed E-state index contributed by atoms with van der Waals surface area (Å²) in [5.41, 5.74) is 2.78. The van der Waals surface area contributed by atoms with Gasteiger partial charge in [0.25, 0.3) is 11.8 Å². The maximum Gasteiger partial charge on any atom is 0.272 e. The Balaban J connectivity index is 1.17. The lowest BCUT2D eigenvalue weighted by molar-refractivity contribution is 0.0712. The fourth-order valence-corrected chi connectivity index (χ4v) is 4.11. The van der Waals surface area contributed by atoms with Crippen LogP contribution in [0.4, 0.5) is 0 Å². The van der Waals surface area contributed by atoms with Gasteiger partial charge in [0, 0.05) is 42.7 Å². The molecular weight excluding hydrogens is 420 g/mol. The average Bonchev–Trinajstić information content (AvgIpc) is 3.65. The van der Waals surface area contributed by atoms with E-state index in [2.05, 4.69) is 20.6 Å². The Morgan fingerprint density at radius 3 is 2.76 bits per heavy atom. The van der Waals surface area contributed by atoms with Crippen molar-refractivity contribution in [3.8, 4) is 5.69 Å². The van der Waals surface area contributed by atoms with E-state index in [4.69, 9.17) is 4.42 Å². The van der Waals surface area contributed by atoms with E-state index >= 15 is 0 Å². The minimum absolute atomic E-state index is 0.0186. The number of benzene rings is 1. The van der Waals surface area contributed by atoms with Gasteiger partial charge in [-0.15, -0.1) is 0 Å². The van der Waals surface area contributed by atoms with Crippen molar-refractivity contribution >= 4 is 11.8 Å². The predicted octanol–water partition coefficient (Wildman–Crippen LogP) is 3.14. The van der Waals surface area contributed by atoms with Crippen LogP contribution in [0.2, 0.25) is 0 Å². The number of hydrogen-bond donors (Lipinski definition) is 2. The van der Waals surface area contributed by atoms with E-state index < -0.39 is 0 Å². The predicted molar refractivity (Wildman–Crippen MR) is 120 cm³/mol. The molecule has 5 rings (SSSR count).